The van der Waals surface area contributed by atoms with Gasteiger partial charge < -0.3 is 31.9 Å². The number of amides is 3. The molecule has 3 atom stereocenters. The highest BCUT2D eigenvalue weighted by atomic mass is 32.2. The number of carbonyl (C=O) groups is 5. The summed E-state index contributed by atoms with van der Waals surface area (Å²) >= 11 is 1.43. The largest absolute Gasteiger partial charge is 0.481 e. The zero-order valence-corrected chi connectivity index (χ0v) is 17.6. The third-order valence-electron chi connectivity index (χ3n) is 3.97. The molecule has 11 nitrogen and oxygen atoms in total. The molecular formula is C17H30N4O7S. The predicted octanol–water partition coefficient (Wildman–Crippen LogP) is -1.24. The van der Waals surface area contributed by atoms with Gasteiger partial charge in [0, 0.05) is 6.42 Å². The Hall–Kier alpha value is -2.34. The number of nitrogens with two attached hydrogens (primary N) is 1. The summed E-state index contributed by atoms with van der Waals surface area (Å²) in [5.41, 5.74) is 5.73. The van der Waals surface area contributed by atoms with Gasteiger partial charge in [-0.15, -0.1) is 0 Å². The van der Waals surface area contributed by atoms with Crippen LogP contribution in [0.2, 0.25) is 0 Å². The quantitative estimate of drug-likeness (QED) is 0.194. The molecule has 0 aromatic heterocycles. The maximum absolute atomic E-state index is 12.3. The number of carbonyl (C=O) groups excluding carboxylic acids is 3. The molecule has 0 aromatic carbocycles. The lowest BCUT2D eigenvalue weighted by molar-refractivity contribution is -0.141. The summed E-state index contributed by atoms with van der Waals surface area (Å²) in [5, 5.41) is 24.9. The van der Waals surface area contributed by atoms with Crippen molar-refractivity contribution in [3.63, 3.8) is 0 Å². The Morgan fingerprint density at radius 1 is 0.966 bits per heavy atom. The molecule has 0 bridgehead atoms. The van der Waals surface area contributed by atoms with Crippen LogP contribution in [0.5, 0.6) is 0 Å². The topological polar surface area (TPSA) is 188 Å². The molecule has 0 aromatic rings. The van der Waals surface area contributed by atoms with Gasteiger partial charge in [-0.3, -0.25) is 19.2 Å². The van der Waals surface area contributed by atoms with Crippen molar-refractivity contribution >= 4 is 41.4 Å². The van der Waals surface area contributed by atoms with Gasteiger partial charge in [0.15, 0.2) is 0 Å². The number of rotatable bonds is 14. The Morgan fingerprint density at radius 2 is 1.59 bits per heavy atom. The zero-order chi connectivity index (χ0) is 22.6. The molecule has 0 aliphatic heterocycles. The van der Waals surface area contributed by atoms with Gasteiger partial charge >= 0.3 is 11.9 Å². The first-order valence-corrected chi connectivity index (χ1v) is 10.5. The van der Waals surface area contributed by atoms with Crippen LogP contribution in [0.1, 0.15) is 33.1 Å². The van der Waals surface area contributed by atoms with E-state index in [4.69, 9.17) is 15.9 Å². The molecule has 0 saturated heterocycles. The Balaban J connectivity index is 4.85. The van der Waals surface area contributed by atoms with E-state index in [0.29, 0.717) is 5.75 Å². The number of nitrogens with one attached hydrogen (secondary N) is 3. The Kier molecular flexibility index (Phi) is 12.7. The molecule has 3 unspecified atom stereocenters. The van der Waals surface area contributed by atoms with Crippen molar-refractivity contribution in [2.24, 2.45) is 11.7 Å². The minimum absolute atomic E-state index is 0.190. The monoisotopic (exact) mass is 434 g/mol. The second-order valence-electron chi connectivity index (χ2n) is 6.72. The van der Waals surface area contributed by atoms with Crippen LogP contribution in [-0.4, -0.2) is 76.6 Å². The summed E-state index contributed by atoms with van der Waals surface area (Å²) < 4.78 is 0. The fourth-order valence-corrected chi connectivity index (χ4v) is 2.61. The first-order valence-electron chi connectivity index (χ1n) is 9.06. The highest BCUT2D eigenvalue weighted by molar-refractivity contribution is 7.98. The van der Waals surface area contributed by atoms with Crippen molar-refractivity contribution in [3.05, 3.63) is 0 Å². The summed E-state index contributed by atoms with van der Waals surface area (Å²) in [5.74, 6) is -4.09. The Bertz CT molecular complexity index is 600. The van der Waals surface area contributed by atoms with Gasteiger partial charge in [0.05, 0.1) is 12.6 Å². The van der Waals surface area contributed by atoms with Crippen LogP contribution in [0, 0.1) is 5.92 Å². The van der Waals surface area contributed by atoms with E-state index in [1.54, 1.807) is 20.1 Å². The Morgan fingerprint density at radius 3 is 2.07 bits per heavy atom. The third-order valence-corrected chi connectivity index (χ3v) is 4.61. The molecular weight excluding hydrogens is 404 g/mol. The van der Waals surface area contributed by atoms with E-state index < -0.39 is 54.3 Å². The number of carboxylic acids is 2. The Labute approximate surface area is 173 Å². The van der Waals surface area contributed by atoms with Gasteiger partial charge in [0.2, 0.25) is 17.7 Å². The highest BCUT2D eigenvalue weighted by Gasteiger charge is 2.26. The normalized spacial score (nSPS) is 13.8. The van der Waals surface area contributed by atoms with Gasteiger partial charge in [0.1, 0.15) is 12.1 Å². The SMILES string of the molecule is CSCCC(NC(=O)CNC(=O)C(CCC(=O)O)NC(=O)C(N)C(C)C)C(=O)O. The van der Waals surface area contributed by atoms with E-state index in [9.17, 15) is 24.0 Å². The molecule has 0 spiro atoms. The van der Waals surface area contributed by atoms with E-state index in [0.717, 1.165) is 0 Å². The first kappa shape index (κ1) is 26.7. The summed E-state index contributed by atoms with van der Waals surface area (Å²) in [6, 6.07) is -3.16. The van der Waals surface area contributed by atoms with Crippen LogP contribution in [0.4, 0.5) is 0 Å². The number of hydrogen-bond acceptors (Lipinski definition) is 7. The van der Waals surface area contributed by atoms with Crippen molar-refractivity contribution in [1.29, 1.82) is 0 Å². The zero-order valence-electron chi connectivity index (χ0n) is 16.8. The van der Waals surface area contributed by atoms with Gasteiger partial charge in [-0.05, 0) is 30.8 Å². The number of hydrogen-bond donors (Lipinski definition) is 6. The van der Waals surface area contributed by atoms with E-state index in [1.807, 2.05) is 0 Å². The fourth-order valence-electron chi connectivity index (χ4n) is 2.14. The number of thioether (sulfide) groups is 1. The van der Waals surface area contributed by atoms with Crippen LogP contribution in [0.25, 0.3) is 0 Å². The van der Waals surface area contributed by atoms with Crippen LogP contribution in [-0.2, 0) is 24.0 Å². The van der Waals surface area contributed by atoms with Crippen molar-refractivity contribution in [1.82, 2.24) is 16.0 Å². The average Bonchev–Trinajstić information content (AvgIpc) is 2.64. The van der Waals surface area contributed by atoms with Gasteiger partial charge in [0.25, 0.3) is 0 Å². The van der Waals surface area contributed by atoms with Gasteiger partial charge in [-0.2, -0.15) is 11.8 Å². The summed E-state index contributed by atoms with van der Waals surface area (Å²) in [7, 11) is 0. The highest BCUT2D eigenvalue weighted by Crippen LogP contribution is 2.03. The molecule has 12 heteroatoms. The molecule has 0 radical (unpaired) electrons. The first-order chi connectivity index (χ1) is 13.5. The van der Waals surface area contributed by atoms with Crippen LogP contribution in [0.15, 0.2) is 0 Å². The molecule has 0 saturated carbocycles. The summed E-state index contributed by atoms with van der Waals surface area (Å²) in [4.78, 5) is 58.3. The van der Waals surface area contributed by atoms with E-state index in [2.05, 4.69) is 16.0 Å². The molecule has 0 rings (SSSR count). The minimum atomic E-state index is -1.19. The number of carboxylic acid groups (broad SMARTS) is 2. The third kappa shape index (κ3) is 11.3. The van der Waals surface area contributed by atoms with Gasteiger partial charge in [-0.25, -0.2) is 4.79 Å². The standard InChI is InChI=1S/C17H30N4O7S/c1-9(2)14(18)16(26)21-10(4-5-13(23)24)15(25)19-8-12(22)20-11(17(27)28)6-7-29-3/h9-11,14H,4-8,18H2,1-3H3,(H,19,25)(H,20,22)(H,21,26)(H,23,24)(H,27,28). The van der Waals surface area contributed by atoms with Crippen molar-refractivity contribution < 1.29 is 34.2 Å². The molecule has 0 fully saturated rings. The molecule has 0 aliphatic rings. The second-order valence-corrected chi connectivity index (χ2v) is 7.71. The molecule has 0 aliphatic carbocycles. The maximum atomic E-state index is 12.3. The van der Waals surface area contributed by atoms with E-state index in [1.165, 1.54) is 11.8 Å². The van der Waals surface area contributed by atoms with E-state index in [-0.39, 0.29) is 25.2 Å². The molecule has 166 valence electrons. The number of aliphatic carboxylic acids is 2. The molecule has 3 amide bonds. The molecule has 7 N–H and O–H groups in total. The summed E-state index contributed by atoms with van der Waals surface area (Å²) in [6.07, 6.45) is 1.46. The van der Waals surface area contributed by atoms with Crippen LogP contribution in [0.3, 0.4) is 0 Å². The maximum Gasteiger partial charge on any atom is 0.326 e. The summed E-state index contributed by atoms with van der Waals surface area (Å²) in [6.45, 7) is 2.92. The lowest BCUT2D eigenvalue weighted by atomic mass is 10.0. The minimum Gasteiger partial charge on any atom is -0.481 e. The van der Waals surface area contributed by atoms with Crippen LogP contribution >= 0.6 is 11.8 Å². The van der Waals surface area contributed by atoms with Gasteiger partial charge in [-0.1, -0.05) is 13.8 Å². The second kappa shape index (κ2) is 13.8. The smallest absolute Gasteiger partial charge is 0.326 e. The average molecular weight is 435 g/mol. The van der Waals surface area contributed by atoms with Crippen molar-refractivity contribution in [3.8, 4) is 0 Å². The van der Waals surface area contributed by atoms with Crippen LogP contribution < -0.4 is 21.7 Å². The van der Waals surface area contributed by atoms with E-state index >= 15 is 0 Å². The lowest BCUT2D eigenvalue weighted by Gasteiger charge is -2.22. The molecule has 29 heavy (non-hydrogen) atoms. The fraction of sp³-hybridized carbons (Fsp3) is 0.706. The lowest BCUT2D eigenvalue weighted by Crippen LogP contribution is -2.54. The van der Waals surface area contributed by atoms with Crippen molar-refractivity contribution in [2.75, 3.05) is 18.6 Å². The molecule has 0 heterocycles. The predicted molar refractivity (Wildman–Crippen MR) is 107 cm³/mol. The van der Waals surface area contributed by atoms with Crippen molar-refractivity contribution in [2.45, 2.75) is 51.2 Å².